The van der Waals surface area contributed by atoms with Crippen LogP contribution in [-0.4, -0.2) is 34.4 Å². The zero-order valence-corrected chi connectivity index (χ0v) is 18.7. The first-order chi connectivity index (χ1) is 11.5. The maximum Gasteiger partial charge on any atom is 2.00 e. The Morgan fingerprint density at radius 1 is 0.962 bits per heavy atom. The summed E-state index contributed by atoms with van der Waals surface area (Å²) in [4.78, 5) is 10.1. The van der Waals surface area contributed by atoms with Crippen molar-refractivity contribution >= 4 is 29.3 Å². The Morgan fingerprint density at radius 3 is 1.69 bits per heavy atom. The van der Waals surface area contributed by atoms with Crippen molar-refractivity contribution < 1.29 is 22.3 Å². The smallest absolute Gasteiger partial charge is 1.00 e. The Kier molecular flexibility index (Phi) is 21.7. The summed E-state index contributed by atoms with van der Waals surface area (Å²) in [5, 5.41) is 9.61. The van der Waals surface area contributed by atoms with Crippen molar-refractivity contribution in [3.63, 3.8) is 0 Å². The molecule has 0 aromatic heterocycles. The van der Waals surface area contributed by atoms with Gasteiger partial charge in [0.05, 0.1) is 6.10 Å². The summed E-state index contributed by atoms with van der Waals surface area (Å²) in [7, 11) is 0. The molecule has 1 unspecified atom stereocenters. The van der Waals surface area contributed by atoms with Gasteiger partial charge in [-0.25, -0.2) is 0 Å². The topological polar surface area (TPSA) is 37.3 Å². The van der Waals surface area contributed by atoms with Crippen LogP contribution < -0.4 is 12.4 Å². The Labute approximate surface area is 182 Å². The van der Waals surface area contributed by atoms with Crippen LogP contribution in [0.4, 0.5) is 0 Å². The average molecular weight is 387 g/mol. The van der Waals surface area contributed by atoms with Gasteiger partial charge in [-0.05, 0) is 25.8 Å². The van der Waals surface area contributed by atoms with Gasteiger partial charge in [-0.2, -0.15) is 6.42 Å². The van der Waals surface area contributed by atoms with E-state index in [9.17, 15) is 9.90 Å². The number of hydrogen-bond donors (Lipinski definition) is 1. The first kappa shape index (κ1) is 29.9. The third-order valence-electron chi connectivity index (χ3n) is 3.24. The molecule has 0 bridgehead atoms. The molecular formula is C22H31ClMgO2. The monoisotopic (exact) mass is 386 g/mol. The second kappa shape index (κ2) is 18.9. The third kappa shape index (κ3) is 14.3. The van der Waals surface area contributed by atoms with Crippen molar-refractivity contribution in [2.75, 3.05) is 0 Å². The molecule has 2 aromatic carbocycles. The molecule has 2 nitrogen and oxygen atoms in total. The van der Waals surface area contributed by atoms with Crippen molar-refractivity contribution in [3.05, 3.63) is 77.7 Å². The molecule has 0 amide bonds. The van der Waals surface area contributed by atoms with Gasteiger partial charge in [0.25, 0.3) is 0 Å². The molecule has 1 atom stereocenters. The maximum absolute atomic E-state index is 10.1. The van der Waals surface area contributed by atoms with Crippen LogP contribution in [0.5, 0.6) is 0 Å². The summed E-state index contributed by atoms with van der Waals surface area (Å²) in [6.45, 7) is 11.6. The quantitative estimate of drug-likeness (QED) is 0.497. The minimum Gasteiger partial charge on any atom is -1.00 e. The summed E-state index contributed by atoms with van der Waals surface area (Å²) >= 11 is 0. The molecule has 0 aliphatic rings. The fourth-order valence-corrected chi connectivity index (χ4v) is 1.87. The van der Waals surface area contributed by atoms with E-state index in [-0.39, 0.29) is 41.6 Å². The molecule has 2 aromatic rings. The standard InChI is InChI=1S/C11H16O.C8H8O.C3H7.ClH.Mg/c1-3-4-11(12)10-7-5-9(2)6-8-10;1-7-2-4-8(6-9)5-3-7;1-3-2;;/h5-8,11-12H,3-4H2,1-2H3;2-6H,1H3;1,3H2,2H3;1H;/q;;-1;;+2/p-1. The number of rotatable bonds is 4. The van der Waals surface area contributed by atoms with Gasteiger partial charge in [0.2, 0.25) is 0 Å². The van der Waals surface area contributed by atoms with Crippen LogP contribution in [0.15, 0.2) is 48.5 Å². The molecular weight excluding hydrogens is 356 g/mol. The molecule has 0 spiro atoms. The van der Waals surface area contributed by atoms with E-state index in [2.05, 4.69) is 20.8 Å². The van der Waals surface area contributed by atoms with Crippen LogP contribution >= 0.6 is 0 Å². The minimum absolute atomic E-state index is 0. The third-order valence-corrected chi connectivity index (χ3v) is 3.24. The molecule has 4 heteroatoms. The minimum atomic E-state index is -0.282. The SMILES string of the molecule is CCCC(O)c1ccc(C)cc1.Cc1ccc(C=O)cc1.[CH2-]CC.[Cl-].[Mg+2]. The second-order valence-corrected chi connectivity index (χ2v) is 5.74. The molecule has 2 rings (SSSR count). The fraction of sp³-hybridized carbons (Fsp3) is 0.364. The van der Waals surface area contributed by atoms with Crippen LogP contribution in [0.25, 0.3) is 0 Å². The van der Waals surface area contributed by atoms with Crippen LogP contribution in [0, 0.1) is 20.8 Å². The van der Waals surface area contributed by atoms with E-state index in [1.165, 1.54) is 11.1 Å². The van der Waals surface area contributed by atoms with Gasteiger partial charge in [0.15, 0.2) is 0 Å². The van der Waals surface area contributed by atoms with E-state index in [0.717, 1.165) is 36.7 Å². The molecule has 0 fully saturated rings. The Balaban J connectivity index is -0.000000339. The van der Waals surface area contributed by atoms with E-state index >= 15 is 0 Å². The molecule has 0 aliphatic carbocycles. The van der Waals surface area contributed by atoms with Crippen molar-refractivity contribution in [1.82, 2.24) is 0 Å². The number of halogens is 1. The summed E-state index contributed by atoms with van der Waals surface area (Å²) in [6.07, 6.45) is 3.44. The van der Waals surface area contributed by atoms with Gasteiger partial charge in [-0.15, -0.1) is 0 Å². The number of carbonyl (C=O) groups is 1. The Hall–Kier alpha value is -0.874. The number of aliphatic hydroxyl groups excluding tert-OH is 1. The summed E-state index contributed by atoms with van der Waals surface area (Å²) in [6, 6.07) is 15.5. The molecule has 1 N–H and O–H groups in total. The van der Waals surface area contributed by atoms with E-state index in [4.69, 9.17) is 0 Å². The number of carbonyl (C=O) groups excluding carboxylic acids is 1. The van der Waals surface area contributed by atoms with Crippen LogP contribution in [-0.2, 0) is 0 Å². The number of aldehydes is 1. The summed E-state index contributed by atoms with van der Waals surface area (Å²) < 4.78 is 0. The van der Waals surface area contributed by atoms with Gasteiger partial charge in [0.1, 0.15) is 6.29 Å². The zero-order chi connectivity index (χ0) is 18.4. The number of hydrogen-bond acceptors (Lipinski definition) is 2. The number of aryl methyl sites for hydroxylation is 2. The molecule has 140 valence electrons. The molecule has 0 aliphatic heterocycles. The predicted octanol–water partition coefficient (Wildman–Crippen LogP) is 2.49. The van der Waals surface area contributed by atoms with Crippen molar-refractivity contribution in [1.29, 1.82) is 0 Å². The molecule has 0 heterocycles. The van der Waals surface area contributed by atoms with Crippen LogP contribution in [0.1, 0.15) is 66.3 Å². The van der Waals surface area contributed by atoms with E-state index in [1.807, 2.05) is 62.4 Å². The largest absolute Gasteiger partial charge is 2.00 e. The number of benzene rings is 2. The summed E-state index contributed by atoms with van der Waals surface area (Å²) in [5.41, 5.74) is 4.19. The first-order valence-electron chi connectivity index (χ1n) is 8.54. The van der Waals surface area contributed by atoms with E-state index in [0.29, 0.717) is 0 Å². The van der Waals surface area contributed by atoms with Gasteiger partial charge in [0, 0.05) is 5.56 Å². The zero-order valence-electron chi connectivity index (χ0n) is 16.5. The van der Waals surface area contributed by atoms with Crippen molar-refractivity contribution in [2.45, 2.75) is 53.1 Å². The van der Waals surface area contributed by atoms with Crippen LogP contribution in [0.2, 0.25) is 0 Å². The van der Waals surface area contributed by atoms with Gasteiger partial charge in [-0.1, -0.05) is 79.9 Å². The maximum atomic E-state index is 10.1. The first-order valence-corrected chi connectivity index (χ1v) is 8.54. The molecule has 26 heavy (non-hydrogen) atoms. The summed E-state index contributed by atoms with van der Waals surface area (Å²) in [5.74, 6) is 0. The van der Waals surface area contributed by atoms with E-state index < -0.39 is 0 Å². The van der Waals surface area contributed by atoms with Crippen molar-refractivity contribution in [3.8, 4) is 0 Å². The van der Waals surface area contributed by atoms with Crippen molar-refractivity contribution in [2.24, 2.45) is 0 Å². The average Bonchev–Trinajstić information content (AvgIpc) is 2.58. The molecule has 0 saturated carbocycles. The van der Waals surface area contributed by atoms with E-state index in [1.54, 1.807) is 0 Å². The predicted molar refractivity (Wildman–Crippen MR) is 109 cm³/mol. The fourth-order valence-electron chi connectivity index (χ4n) is 1.87. The van der Waals surface area contributed by atoms with Gasteiger partial charge >= 0.3 is 23.1 Å². The molecule has 0 radical (unpaired) electrons. The second-order valence-electron chi connectivity index (χ2n) is 5.74. The molecule has 0 saturated heterocycles. The van der Waals surface area contributed by atoms with Gasteiger partial charge < -0.3 is 24.4 Å². The van der Waals surface area contributed by atoms with Crippen LogP contribution in [0.3, 0.4) is 0 Å². The Bertz CT molecular complexity index is 553. The van der Waals surface area contributed by atoms with Gasteiger partial charge in [-0.3, -0.25) is 4.79 Å². The Morgan fingerprint density at radius 2 is 1.35 bits per heavy atom. The number of aliphatic hydroxyl groups is 1. The normalized spacial score (nSPS) is 9.77.